The first kappa shape index (κ1) is 16.8. The van der Waals surface area contributed by atoms with Gasteiger partial charge < -0.3 is 5.73 Å². The molecule has 114 valence electrons. The van der Waals surface area contributed by atoms with Gasteiger partial charge in [0.15, 0.2) is 0 Å². The Kier molecular flexibility index (Phi) is 8.80. The topological polar surface area (TPSA) is 98.0 Å². The maximum absolute atomic E-state index is 11.3. The van der Waals surface area contributed by atoms with Crippen molar-refractivity contribution >= 4 is 5.91 Å². The number of H-pyrrole nitrogens is 1. The van der Waals surface area contributed by atoms with E-state index in [9.17, 15) is 4.79 Å². The minimum Gasteiger partial charge on any atom is -0.366 e. The monoisotopic (exact) mass is 299 g/mol. The largest absolute Gasteiger partial charge is 0.366 e. The van der Waals surface area contributed by atoms with Gasteiger partial charge >= 0.3 is 0 Å². The standard InChI is InChI=1S/C16H17N3O3/c17-16(20)15-11-7-4-2-1-3-5-10-14-21-22-19-18-13-9-6-8-12-15/h1-14,19H,(H2,17,20). The minimum absolute atomic E-state index is 0.387. The van der Waals surface area contributed by atoms with E-state index in [0.717, 1.165) is 0 Å². The van der Waals surface area contributed by atoms with Gasteiger partial charge in [0.05, 0.1) is 6.20 Å². The molecular formula is C16H17N3O3. The molecule has 0 aliphatic rings. The highest BCUT2D eigenvalue weighted by Crippen LogP contribution is 1.91. The molecule has 0 bridgehead atoms. The zero-order chi connectivity index (χ0) is 15.9. The number of nitrogens with zero attached hydrogens (tertiary/aromatic N) is 1. The van der Waals surface area contributed by atoms with Crippen LogP contribution in [0.2, 0.25) is 0 Å². The molecular weight excluding hydrogens is 282 g/mol. The van der Waals surface area contributed by atoms with Crippen LogP contribution in [0.4, 0.5) is 0 Å². The van der Waals surface area contributed by atoms with E-state index in [1.54, 1.807) is 60.7 Å². The number of primary amides is 1. The van der Waals surface area contributed by atoms with Crippen molar-refractivity contribution in [3.8, 4) is 0 Å². The van der Waals surface area contributed by atoms with Crippen LogP contribution in [-0.2, 0) is 0 Å². The second-order valence-corrected chi connectivity index (χ2v) is 3.76. The summed E-state index contributed by atoms with van der Waals surface area (Å²) in [6, 6.07) is 20.5. The van der Waals surface area contributed by atoms with E-state index in [4.69, 9.17) is 5.73 Å². The van der Waals surface area contributed by atoms with Crippen molar-refractivity contribution in [1.82, 2.24) is 10.4 Å². The third kappa shape index (κ3) is 8.76. The maximum Gasteiger partial charge on any atom is 0.248 e. The number of amides is 1. The molecule has 22 heavy (non-hydrogen) atoms. The molecule has 6 heteroatoms. The van der Waals surface area contributed by atoms with Crippen LogP contribution in [-0.4, -0.2) is 16.3 Å². The third-order valence-electron chi connectivity index (χ3n) is 2.16. The van der Waals surface area contributed by atoms with Gasteiger partial charge in [0.2, 0.25) is 5.91 Å². The molecule has 0 fully saturated rings. The van der Waals surface area contributed by atoms with Crippen molar-refractivity contribution < 1.29 is 14.1 Å². The van der Waals surface area contributed by atoms with Gasteiger partial charge in [0.25, 0.3) is 0 Å². The van der Waals surface area contributed by atoms with Gasteiger partial charge in [0.1, 0.15) is 6.26 Å². The fourth-order valence-electron chi connectivity index (χ4n) is 1.19. The molecule has 0 saturated heterocycles. The fourth-order valence-corrected chi connectivity index (χ4v) is 1.19. The van der Waals surface area contributed by atoms with Crippen LogP contribution in [0.1, 0.15) is 10.4 Å². The summed E-state index contributed by atoms with van der Waals surface area (Å²) in [7, 11) is 0. The predicted molar refractivity (Wildman–Crippen MR) is 82.1 cm³/mol. The Bertz CT molecular complexity index is 621. The zero-order valence-electron chi connectivity index (χ0n) is 11.8. The second kappa shape index (κ2) is 11.5. The van der Waals surface area contributed by atoms with Crippen molar-refractivity contribution in [2.24, 2.45) is 5.73 Å². The maximum atomic E-state index is 11.3. The van der Waals surface area contributed by atoms with Crippen molar-refractivity contribution in [1.29, 1.82) is 0 Å². The third-order valence-corrected chi connectivity index (χ3v) is 2.16. The molecule has 3 N–H and O–H groups in total. The lowest BCUT2D eigenvalue weighted by molar-refractivity contribution is -0.0206. The molecule has 1 aromatic rings. The van der Waals surface area contributed by atoms with Crippen LogP contribution >= 0.6 is 0 Å². The van der Waals surface area contributed by atoms with E-state index in [-0.39, 0.29) is 0 Å². The van der Waals surface area contributed by atoms with Crippen LogP contribution < -0.4 is 5.73 Å². The first-order valence-corrected chi connectivity index (χ1v) is 6.41. The Labute approximate surface area is 127 Å². The van der Waals surface area contributed by atoms with E-state index >= 15 is 0 Å². The molecule has 0 aliphatic carbocycles. The highest BCUT2D eigenvalue weighted by atomic mass is 17.0. The zero-order valence-corrected chi connectivity index (χ0v) is 11.8. The number of carbonyl (C=O) groups is 1. The average Bonchev–Trinajstić information content (AvgIpc) is 2.50. The molecule has 0 radical (unpaired) electrons. The number of rotatable bonds is 1. The summed E-state index contributed by atoms with van der Waals surface area (Å²) in [4.78, 5) is 11.3. The number of carbonyl (C=O) groups excluding carboxylic acids is 1. The quantitative estimate of drug-likeness (QED) is 0.778. The summed E-state index contributed by atoms with van der Waals surface area (Å²) >= 11 is 0. The van der Waals surface area contributed by atoms with Crippen molar-refractivity contribution in [2.45, 2.75) is 0 Å². The van der Waals surface area contributed by atoms with E-state index in [1.807, 2.05) is 12.1 Å². The van der Waals surface area contributed by atoms with E-state index < -0.39 is 5.91 Å². The van der Waals surface area contributed by atoms with Gasteiger partial charge in [0, 0.05) is 5.56 Å². The number of nitrogens with two attached hydrogens (primary N) is 1. The number of hydrogen-bond donors (Lipinski definition) is 2. The first-order chi connectivity index (χ1) is 10.8. The molecule has 0 saturated carbocycles. The summed E-state index contributed by atoms with van der Waals surface area (Å²) in [6.07, 6.45) is 2.79. The minimum atomic E-state index is -0.505. The summed E-state index contributed by atoms with van der Waals surface area (Å²) in [6.45, 7) is 0. The SMILES string of the molecule is NC(=O)c1cccccccccoo[nH]nccccc1. The summed E-state index contributed by atoms with van der Waals surface area (Å²) in [5.74, 6) is -0.505. The van der Waals surface area contributed by atoms with Crippen molar-refractivity contribution in [3.63, 3.8) is 0 Å². The molecule has 1 heterocycles. The molecule has 0 spiro atoms. The number of aromatic amines is 1. The second-order valence-electron chi connectivity index (χ2n) is 3.76. The lowest BCUT2D eigenvalue weighted by Gasteiger charge is -1.87. The number of aromatic nitrogens is 2. The van der Waals surface area contributed by atoms with Crippen LogP contribution in [0, 0.1) is 0 Å². The van der Waals surface area contributed by atoms with Crippen molar-refractivity contribution in [2.75, 3.05) is 0 Å². The molecule has 1 amide bonds. The average molecular weight is 299 g/mol. The van der Waals surface area contributed by atoms with E-state index in [1.165, 1.54) is 12.5 Å². The highest BCUT2D eigenvalue weighted by Gasteiger charge is 1.92. The van der Waals surface area contributed by atoms with Crippen LogP contribution in [0.3, 0.4) is 0 Å². The highest BCUT2D eigenvalue weighted by molar-refractivity contribution is 5.92. The lowest BCUT2D eigenvalue weighted by Crippen LogP contribution is -2.09. The number of nitrogens with one attached hydrogen (secondary N) is 1. The molecule has 0 aliphatic heterocycles. The van der Waals surface area contributed by atoms with E-state index in [2.05, 4.69) is 19.6 Å². The van der Waals surface area contributed by atoms with Crippen LogP contribution in [0.25, 0.3) is 0 Å². The Balaban J connectivity index is 3.24. The first-order valence-electron chi connectivity index (χ1n) is 6.41. The van der Waals surface area contributed by atoms with E-state index in [0.29, 0.717) is 5.56 Å². The smallest absolute Gasteiger partial charge is 0.248 e. The molecule has 1 aromatic heterocycles. The normalized spacial score (nSPS) is 8.36. The van der Waals surface area contributed by atoms with Crippen LogP contribution in [0.5, 0.6) is 0 Å². The van der Waals surface area contributed by atoms with Gasteiger partial charge in [-0.15, -0.1) is 5.10 Å². The fraction of sp³-hybridized carbons (Fsp3) is 0. The number of hydrogen-bond acceptors (Lipinski definition) is 4. The molecule has 0 unspecified atom stereocenters. The van der Waals surface area contributed by atoms with Gasteiger partial charge in [-0.1, -0.05) is 53.8 Å². The Morgan fingerprint density at radius 1 is 0.909 bits per heavy atom. The van der Waals surface area contributed by atoms with Gasteiger partial charge in [-0.3, -0.25) is 9.37 Å². The Morgan fingerprint density at radius 3 is 2.18 bits per heavy atom. The summed E-state index contributed by atoms with van der Waals surface area (Å²) in [5, 5.41) is 5.89. The van der Waals surface area contributed by atoms with Gasteiger partial charge in [-0.2, -0.15) is 4.68 Å². The Morgan fingerprint density at radius 2 is 1.50 bits per heavy atom. The molecule has 1 rings (SSSR count). The predicted octanol–water partition coefficient (Wildman–Crippen LogP) is 3.19. The van der Waals surface area contributed by atoms with Gasteiger partial charge in [-0.05, 0) is 24.3 Å². The Hall–Kier alpha value is -3.28. The molecule has 0 atom stereocenters. The summed E-state index contributed by atoms with van der Waals surface area (Å²) in [5.41, 5.74) is 5.67. The molecule has 0 aromatic carbocycles. The molecule has 6 nitrogen and oxygen atoms in total. The lowest BCUT2D eigenvalue weighted by atomic mass is 10.2. The van der Waals surface area contributed by atoms with Crippen LogP contribution in [0.15, 0.2) is 94.5 Å². The summed E-state index contributed by atoms with van der Waals surface area (Å²) < 4.78 is 9.17. The van der Waals surface area contributed by atoms with Crippen molar-refractivity contribution in [3.05, 3.63) is 90.8 Å². The van der Waals surface area contributed by atoms with Gasteiger partial charge in [-0.25, -0.2) is 0 Å².